The summed E-state index contributed by atoms with van der Waals surface area (Å²) in [5, 5.41) is 8.49. The Morgan fingerprint density at radius 2 is 1.83 bits per heavy atom. The number of ether oxygens (including phenoxy) is 1. The summed E-state index contributed by atoms with van der Waals surface area (Å²) in [5.74, 6) is 0.345. The molecular formula is C33H35ClN8O4. The molecule has 1 N–H and O–H groups in total. The number of piperidine rings is 1. The van der Waals surface area contributed by atoms with Gasteiger partial charge in [0.05, 0.1) is 18.7 Å². The molecule has 7 rings (SSSR count). The molecule has 12 nitrogen and oxygen atoms in total. The lowest BCUT2D eigenvalue weighted by Gasteiger charge is -2.28. The highest BCUT2D eigenvalue weighted by atomic mass is 35.5. The van der Waals surface area contributed by atoms with Gasteiger partial charge >= 0.3 is 0 Å². The van der Waals surface area contributed by atoms with Crippen molar-refractivity contribution >= 4 is 45.9 Å². The van der Waals surface area contributed by atoms with E-state index < -0.39 is 6.04 Å². The number of aryl methyl sites for hydroxylation is 1. The number of benzene rings is 1. The Bertz CT molecular complexity index is 1850. The quantitative estimate of drug-likeness (QED) is 0.224. The van der Waals surface area contributed by atoms with Crippen LogP contribution in [0.3, 0.4) is 0 Å². The van der Waals surface area contributed by atoms with Crippen LogP contribution in [0.4, 0.5) is 5.82 Å². The number of hydrogen-bond donors (Lipinski definition) is 1. The molecule has 3 atom stereocenters. The summed E-state index contributed by atoms with van der Waals surface area (Å²) in [6, 6.07) is 8.52. The van der Waals surface area contributed by atoms with Crippen LogP contribution in [0.1, 0.15) is 48.6 Å². The maximum atomic E-state index is 14.0. The third-order valence-corrected chi connectivity index (χ3v) is 9.60. The zero-order valence-corrected chi connectivity index (χ0v) is 26.8. The first-order chi connectivity index (χ1) is 22.1. The van der Waals surface area contributed by atoms with E-state index in [4.69, 9.17) is 16.3 Å². The van der Waals surface area contributed by atoms with Gasteiger partial charge in [-0.3, -0.25) is 24.0 Å². The standard InChI is InChI=1S/C33H35ClN8O4/c1-19(43)30-24-12-21(23-15-35-20(2)36-16-23)4-6-25(24)41(39-30)18-29(44)42-26(13-33(3)14-27(33)42)32(45)38-31-22(5-7-28(34)37-31)17-40-8-10-46-11-9-40/h4-7,12,15-16,26-27H,8-11,13-14,17-18H2,1-3H3,(H,37,38,45)/t26-,27+,33-/m0/s1. The van der Waals surface area contributed by atoms with Crippen LogP contribution < -0.4 is 5.32 Å². The second-order valence-electron chi connectivity index (χ2n) is 12.7. The lowest BCUT2D eigenvalue weighted by molar-refractivity contribution is -0.138. The number of likely N-dealkylation sites (tertiary alicyclic amines) is 1. The molecule has 238 valence electrons. The van der Waals surface area contributed by atoms with Crippen molar-refractivity contribution in [3.8, 4) is 11.1 Å². The lowest BCUT2D eigenvalue weighted by atomic mass is 10.0. The van der Waals surface area contributed by atoms with Gasteiger partial charge in [-0.15, -0.1) is 0 Å². The highest BCUT2D eigenvalue weighted by Gasteiger charge is 2.64. The average Bonchev–Trinajstić information content (AvgIpc) is 3.40. The van der Waals surface area contributed by atoms with Crippen molar-refractivity contribution in [2.24, 2.45) is 5.41 Å². The monoisotopic (exact) mass is 642 g/mol. The molecule has 5 heterocycles. The van der Waals surface area contributed by atoms with E-state index in [1.54, 1.807) is 28.0 Å². The summed E-state index contributed by atoms with van der Waals surface area (Å²) in [4.78, 5) is 57.4. The third-order valence-electron chi connectivity index (χ3n) is 9.39. The highest BCUT2D eigenvalue weighted by molar-refractivity contribution is 6.29. The molecule has 3 aliphatic rings. The number of carbonyl (C=O) groups is 3. The molecule has 2 aliphatic heterocycles. The minimum absolute atomic E-state index is 0.0434. The summed E-state index contributed by atoms with van der Waals surface area (Å²) in [6.07, 6.45) is 4.86. The number of carbonyl (C=O) groups excluding carboxylic acids is 3. The van der Waals surface area contributed by atoms with Crippen molar-refractivity contribution in [3.05, 3.63) is 65.0 Å². The Balaban J connectivity index is 1.13. The third kappa shape index (κ3) is 5.76. The molecule has 0 spiro atoms. The Hall–Kier alpha value is -4.26. The molecule has 3 fully saturated rings. The lowest BCUT2D eigenvalue weighted by Crippen LogP contribution is -2.47. The molecule has 0 unspecified atom stereocenters. The summed E-state index contributed by atoms with van der Waals surface area (Å²) >= 11 is 6.25. The summed E-state index contributed by atoms with van der Waals surface area (Å²) in [7, 11) is 0. The van der Waals surface area contributed by atoms with Crippen LogP contribution in [0, 0.1) is 12.3 Å². The van der Waals surface area contributed by atoms with Crippen molar-refractivity contribution in [2.45, 2.75) is 58.8 Å². The van der Waals surface area contributed by atoms with Gasteiger partial charge in [0, 0.05) is 61.5 Å². The molecule has 4 aromatic rings. The number of halogens is 1. The average molecular weight is 643 g/mol. The highest BCUT2D eigenvalue weighted by Crippen LogP contribution is 2.59. The van der Waals surface area contributed by atoms with Crippen molar-refractivity contribution in [2.75, 3.05) is 31.6 Å². The number of fused-ring (bicyclic) bond motifs is 2. The van der Waals surface area contributed by atoms with Crippen LogP contribution >= 0.6 is 11.6 Å². The summed E-state index contributed by atoms with van der Waals surface area (Å²) < 4.78 is 7.04. The van der Waals surface area contributed by atoms with Gasteiger partial charge in [-0.1, -0.05) is 30.7 Å². The summed E-state index contributed by atoms with van der Waals surface area (Å²) in [6.45, 7) is 8.77. The van der Waals surface area contributed by atoms with Crippen LogP contribution in [0.2, 0.25) is 5.15 Å². The minimum Gasteiger partial charge on any atom is -0.379 e. The van der Waals surface area contributed by atoms with Gasteiger partial charge in [0.1, 0.15) is 35.1 Å². The smallest absolute Gasteiger partial charge is 0.248 e. The molecule has 3 aromatic heterocycles. The normalized spacial score (nSPS) is 22.6. The Kier molecular flexibility index (Phi) is 7.82. The molecule has 1 saturated carbocycles. The van der Waals surface area contributed by atoms with Crippen LogP contribution in [-0.2, 0) is 27.4 Å². The molecule has 46 heavy (non-hydrogen) atoms. The molecule has 2 saturated heterocycles. The Labute approximate surface area is 271 Å². The molecular weight excluding hydrogens is 608 g/mol. The van der Waals surface area contributed by atoms with Gasteiger partial charge < -0.3 is 15.0 Å². The van der Waals surface area contributed by atoms with Gasteiger partial charge in [-0.05, 0) is 48.9 Å². The predicted octanol–water partition coefficient (Wildman–Crippen LogP) is 3.90. The number of hydrogen-bond acceptors (Lipinski definition) is 9. The number of ketones is 1. The van der Waals surface area contributed by atoms with E-state index in [2.05, 4.69) is 37.2 Å². The number of amides is 2. The number of nitrogens with one attached hydrogen (secondary N) is 1. The first-order valence-corrected chi connectivity index (χ1v) is 15.9. The number of Topliss-reactive ketones (excluding diaryl/α,β-unsaturated/α-hetero) is 1. The predicted molar refractivity (Wildman–Crippen MR) is 171 cm³/mol. The number of rotatable bonds is 8. The number of aromatic nitrogens is 5. The number of pyridine rings is 1. The Morgan fingerprint density at radius 1 is 1.07 bits per heavy atom. The van der Waals surface area contributed by atoms with Crippen LogP contribution in [-0.4, -0.2) is 90.5 Å². The van der Waals surface area contributed by atoms with E-state index >= 15 is 0 Å². The molecule has 0 radical (unpaired) electrons. The van der Waals surface area contributed by atoms with Crippen LogP contribution in [0.15, 0.2) is 42.7 Å². The van der Waals surface area contributed by atoms with Gasteiger partial charge in [0.2, 0.25) is 11.8 Å². The Morgan fingerprint density at radius 3 is 2.57 bits per heavy atom. The van der Waals surface area contributed by atoms with Crippen LogP contribution in [0.5, 0.6) is 0 Å². The molecule has 13 heteroatoms. The molecule has 2 amide bonds. The zero-order valence-electron chi connectivity index (χ0n) is 26.0. The largest absolute Gasteiger partial charge is 0.379 e. The topological polar surface area (TPSA) is 135 Å². The van der Waals surface area contributed by atoms with Crippen molar-refractivity contribution < 1.29 is 19.1 Å². The minimum atomic E-state index is -0.671. The maximum absolute atomic E-state index is 14.0. The fourth-order valence-corrected chi connectivity index (χ4v) is 6.90. The van der Waals surface area contributed by atoms with E-state index in [9.17, 15) is 14.4 Å². The van der Waals surface area contributed by atoms with Gasteiger partial charge in [-0.25, -0.2) is 15.0 Å². The van der Waals surface area contributed by atoms with E-state index in [0.29, 0.717) is 48.7 Å². The van der Waals surface area contributed by atoms with E-state index in [0.717, 1.165) is 36.2 Å². The second-order valence-corrected chi connectivity index (χ2v) is 13.1. The first kappa shape index (κ1) is 30.4. The van der Waals surface area contributed by atoms with E-state index in [1.165, 1.54) is 6.92 Å². The fraction of sp³-hybridized carbons (Fsp3) is 0.424. The van der Waals surface area contributed by atoms with Crippen LogP contribution in [0.25, 0.3) is 22.0 Å². The number of anilines is 1. The summed E-state index contributed by atoms with van der Waals surface area (Å²) in [5.41, 5.74) is 3.32. The molecule has 1 aliphatic carbocycles. The van der Waals surface area contributed by atoms with Gasteiger partial charge in [0.25, 0.3) is 0 Å². The number of morpholine rings is 1. The van der Waals surface area contributed by atoms with Gasteiger partial charge in [-0.2, -0.15) is 5.10 Å². The SMILES string of the molecule is CC(=O)c1nn(CC(=O)N2[C@H](C(=O)Nc3nc(Cl)ccc3CN3CCOCC3)C[C@@]3(C)C[C@@H]23)c2ccc(-c3cnc(C)nc3)cc12. The zero-order chi connectivity index (χ0) is 32.2. The number of nitrogens with zero attached hydrogens (tertiary/aromatic N) is 7. The maximum Gasteiger partial charge on any atom is 0.248 e. The molecule has 1 aromatic carbocycles. The van der Waals surface area contributed by atoms with Crippen molar-refractivity contribution in [1.82, 2.24) is 34.5 Å². The van der Waals surface area contributed by atoms with Gasteiger partial charge in [0.15, 0.2) is 5.78 Å². The first-order valence-electron chi connectivity index (χ1n) is 15.5. The fourth-order valence-electron chi connectivity index (χ4n) is 6.75. The van der Waals surface area contributed by atoms with E-state index in [1.807, 2.05) is 31.2 Å². The van der Waals surface area contributed by atoms with Crippen molar-refractivity contribution in [3.63, 3.8) is 0 Å². The second kappa shape index (κ2) is 11.8. The van der Waals surface area contributed by atoms with Crippen molar-refractivity contribution in [1.29, 1.82) is 0 Å². The van der Waals surface area contributed by atoms with E-state index in [-0.39, 0.29) is 46.4 Å². The molecule has 0 bridgehead atoms.